The van der Waals surface area contributed by atoms with Crippen LogP contribution < -0.4 is 11.1 Å². The highest BCUT2D eigenvalue weighted by molar-refractivity contribution is 5.76. The molecule has 1 amide bonds. The Balaban J connectivity index is 2.00. The molecule has 0 saturated heterocycles. The molecule has 102 valence electrons. The maximum atomic E-state index is 11.9. The molecule has 0 radical (unpaired) electrons. The molecule has 2 rings (SSSR count). The van der Waals surface area contributed by atoms with E-state index in [4.69, 9.17) is 5.73 Å². The van der Waals surface area contributed by atoms with E-state index < -0.39 is 0 Å². The Bertz CT molecular complexity index is 571. The summed E-state index contributed by atoms with van der Waals surface area (Å²) in [7, 11) is 0. The monoisotopic (exact) mass is 262 g/mol. The molecule has 0 aliphatic heterocycles. The van der Waals surface area contributed by atoms with E-state index in [0.717, 1.165) is 17.0 Å². The van der Waals surface area contributed by atoms with E-state index in [2.05, 4.69) is 20.6 Å². The number of nitrogen functional groups attached to an aromatic ring is 1. The maximum absolute atomic E-state index is 11.9. The van der Waals surface area contributed by atoms with Crippen LogP contribution in [-0.2, 0) is 11.3 Å². The molecular weight excluding hydrogens is 244 g/mol. The minimum atomic E-state index is -0.112. The molecule has 4 N–H and O–H groups in total. The SMILES string of the molecule is Cc1nn(CC(=O)NC(C)c2cn[nH]c2)c(C)c1N. The Morgan fingerprint density at radius 2 is 2.32 bits per heavy atom. The second-order valence-corrected chi connectivity index (χ2v) is 4.56. The van der Waals surface area contributed by atoms with Crippen LogP contribution >= 0.6 is 0 Å². The van der Waals surface area contributed by atoms with Gasteiger partial charge in [-0.15, -0.1) is 0 Å². The largest absolute Gasteiger partial charge is 0.396 e. The lowest BCUT2D eigenvalue weighted by atomic mass is 10.2. The predicted octanol–water partition coefficient (Wildman–Crippen LogP) is 0.683. The molecule has 19 heavy (non-hydrogen) atoms. The van der Waals surface area contributed by atoms with Crippen molar-refractivity contribution in [2.75, 3.05) is 5.73 Å². The molecule has 0 spiro atoms. The van der Waals surface area contributed by atoms with Crippen molar-refractivity contribution in [2.45, 2.75) is 33.4 Å². The number of hydrogen-bond acceptors (Lipinski definition) is 4. The molecule has 0 aliphatic carbocycles. The third-order valence-electron chi connectivity index (χ3n) is 3.13. The molecule has 0 aromatic carbocycles. The first-order valence-corrected chi connectivity index (χ1v) is 6.06. The Kier molecular flexibility index (Phi) is 3.55. The van der Waals surface area contributed by atoms with Crippen LogP contribution in [0.3, 0.4) is 0 Å². The summed E-state index contributed by atoms with van der Waals surface area (Å²) in [5, 5.41) is 13.7. The molecule has 0 fully saturated rings. The highest BCUT2D eigenvalue weighted by atomic mass is 16.2. The van der Waals surface area contributed by atoms with Gasteiger partial charge in [0.15, 0.2) is 0 Å². The number of rotatable bonds is 4. The molecule has 0 aliphatic rings. The van der Waals surface area contributed by atoms with E-state index in [1.54, 1.807) is 17.1 Å². The summed E-state index contributed by atoms with van der Waals surface area (Å²) in [5.74, 6) is -0.112. The van der Waals surface area contributed by atoms with Crippen LogP contribution in [-0.4, -0.2) is 25.9 Å². The lowest BCUT2D eigenvalue weighted by Gasteiger charge is -2.12. The predicted molar refractivity (Wildman–Crippen MR) is 71.3 cm³/mol. The first-order chi connectivity index (χ1) is 8.99. The Morgan fingerprint density at radius 1 is 1.58 bits per heavy atom. The lowest BCUT2D eigenvalue weighted by Crippen LogP contribution is -2.30. The van der Waals surface area contributed by atoms with E-state index >= 15 is 0 Å². The zero-order valence-electron chi connectivity index (χ0n) is 11.3. The fourth-order valence-corrected chi connectivity index (χ4v) is 1.87. The number of carbonyl (C=O) groups excluding carboxylic acids is 1. The van der Waals surface area contributed by atoms with Crippen molar-refractivity contribution in [3.63, 3.8) is 0 Å². The standard InChI is InChI=1S/C12H18N6O/c1-7(10-4-14-15-5-10)16-11(19)6-18-9(3)12(13)8(2)17-18/h4-5,7H,6,13H2,1-3H3,(H,14,15)(H,16,19). The van der Waals surface area contributed by atoms with Gasteiger partial charge in [-0.05, 0) is 20.8 Å². The molecule has 1 unspecified atom stereocenters. The van der Waals surface area contributed by atoms with Gasteiger partial charge in [-0.25, -0.2) is 0 Å². The molecule has 7 nitrogen and oxygen atoms in total. The summed E-state index contributed by atoms with van der Waals surface area (Å²) < 4.78 is 1.61. The fourth-order valence-electron chi connectivity index (χ4n) is 1.87. The molecule has 0 saturated carbocycles. The third kappa shape index (κ3) is 2.75. The fraction of sp³-hybridized carbons (Fsp3) is 0.417. The van der Waals surface area contributed by atoms with E-state index in [1.807, 2.05) is 20.8 Å². The van der Waals surface area contributed by atoms with Gasteiger partial charge in [0.2, 0.25) is 5.91 Å². The van der Waals surface area contributed by atoms with Gasteiger partial charge in [0.1, 0.15) is 6.54 Å². The first-order valence-electron chi connectivity index (χ1n) is 6.06. The van der Waals surface area contributed by atoms with Crippen molar-refractivity contribution in [1.29, 1.82) is 0 Å². The van der Waals surface area contributed by atoms with Gasteiger partial charge in [0.25, 0.3) is 0 Å². The van der Waals surface area contributed by atoms with Gasteiger partial charge in [-0.2, -0.15) is 10.2 Å². The smallest absolute Gasteiger partial charge is 0.242 e. The van der Waals surface area contributed by atoms with Gasteiger partial charge in [0.05, 0.1) is 29.3 Å². The number of anilines is 1. The maximum Gasteiger partial charge on any atom is 0.242 e. The van der Waals surface area contributed by atoms with Crippen LogP contribution in [0.15, 0.2) is 12.4 Å². The van der Waals surface area contributed by atoms with Crippen LogP contribution in [0, 0.1) is 13.8 Å². The summed E-state index contributed by atoms with van der Waals surface area (Å²) in [6, 6.07) is -0.0967. The van der Waals surface area contributed by atoms with Crippen molar-refractivity contribution >= 4 is 11.6 Å². The molecule has 0 bridgehead atoms. The number of nitrogens with one attached hydrogen (secondary N) is 2. The minimum Gasteiger partial charge on any atom is -0.396 e. The zero-order valence-corrected chi connectivity index (χ0v) is 11.3. The Morgan fingerprint density at radius 3 is 2.84 bits per heavy atom. The van der Waals surface area contributed by atoms with Crippen LogP contribution in [0.2, 0.25) is 0 Å². The quantitative estimate of drug-likeness (QED) is 0.754. The Hall–Kier alpha value is -2.31. The number of amides is 1. The number of aryl methyl sites for hydroxylation is 1. The summed E-state index contributed by atoms with van der Waals surface area (Å²) in [5.41, 5.74) is 8.95. The second kappa shape index (κ2) is 5.13. The number of carbonyl (C=O) groups is 1. The second-order valence-electron chi connectivity index (χ2n) is 4.56. The highest BCUT2D eigenvalue weighted by Gasteiger charge is 2.14. The minimum absolute atomic E-state index is 0.0967. The third-order valence-corrected chi connectivity index (χ3v) is 3.13. The summed E-state index contributed by atoms with van der Waals surface area (Å²) >= 11 is 0. The molecule has 2 aromatic heterocycles. The van der Waals surface area contributed by atoms with E-state index in [1.165, 1.54) is 0 Å². The van der Waals surface area contributed by atoms with Gasteiger partial charge in [-0.1, -0.05) is 0 Å². The number of nitrogens with two attached hydrogens (primary N) is 1. The number of nitrogens with zero attached hydrogens (tertiary/aromatic N) is 3. The molecule has 7 heteroatoms. The normalized spacial score (nSPS) is 12.4. The number of aromatic nitrogens is 4. The first kappa shape index (κ1) is 13.1. The van der Waals surface area contributed by atoms with Gasteiger partial charge in [-0.3, -0.25) is 14.6 Å². The molecule has 1 atom stereocenters. The van der Waals surface area contributed by atoms with Gasteiger partial charge >= 0.3 is 0 Å². The number of hydrogen-bond donors (Lipinski definition) is 3. The van der Waals surface area contributed by atoms with Gasteiger partial charge in [0, 0.05) is 11.8 Å². The van der Waals surface area contributed by atoms with Crippen molar-refractivity contribution in [2.24, 2.45) is 0 Å². The summed E-state index contributed by atoms with van der Waals surface area (Å²) in [6.45, 7) is 5.73. The van der Waals surface area contributed by atoms with E-state index in [0.29, 0.717) is 5.69 Å². The van der Waals surface area contributed by atoms with Crippen LogP contribution in [0.1, 0.15) is 29.9 Å². The van der Waals surface area contributed by atoms with Crippen molar-refractivity contribution in [3.8, 4) is 0 Å². The van der Waals surface area contributed by atoms with Gasteiger partial charge < -0.3 is 11.1 Å². The van der Waals surface area contributed by atoms with Crippen molar-refractivity contribution < 1.29 is 4.79 Å². The Labute approximate surface area is 111 Å². The average Bonchev–Trinajstić information content (AvgIpc) is 2.96. The summed E-state index contributed by atoms with van der Waals surface area (Å²) in [4.78, 5) is 11.9. The topological polar surface area (TPSA) is 102 Å². The van der Waals surface area contributed by atoms with Crippen LogP contribution in [0.5, 0.6) is 0 Å². The number of H-pyrrole nitrogens is 1. The molecule has 2 aromatic rings. The molecular formula is C12H18N6O. The average molecular weight is 262 g/mol. The van der Waals surface area contributed by atoms with Crippen molar-refractivity contribution in [1.82, 2.24) is 25.3 Å². The summed E-state index contributed by atoms with van der Waals surface area (Å²) in [6.07, 6.45) is 3.44. The molecule has 2 heterocycles. The van der Waals surface area contributed by atoms with Crippen LogP contribution in [0.4, 0.5) is 5.69 Å². The zero-order chi connectivity index (χ0) is 14.0. The lowest BCUT2D eigenvalue weighted by molar-refractivity contribution is -0.122. The highest BCUT2D eigenvalue weighted by Crippen LogP contribution is 2.15. The van der Waals surface area contributed by atoms with E-state index in [-0.39, 0.29) is 18.5 Å². The van der Waals surface area contributed by atoms with E-state index in [9.17, 15) is 4.79 Å². The number of aromatic amines is 1. The van der Waals surface area contributed by atoms with Crippen molar-refractivity contribution in [3.05, 3.63) is 29.3 Å². The van der Waals surface area contributed by atoms with Crippen LogP contribution in [0.25, 0.3) is 0 Å².